The van der Waals surface area contributed by atoms with Gasteiger partial charge >= 0.3 is 0 Å². The molecule has 0 aliphatic heterocycles. The Morgan fingerprint density at radius 2 is 1.78 bits per heavy atom. The topological polar surface area (TPSA) is 35.8 Å². The fourth-order valence-corrected chi connectivity index (χ4v) is 2.00. The van der Waals surface area contributed by atoms with E-state index in [9.17, 15) is 0 Å². The number of hydrogen-bond donors (Lipinski definition) is 1. The zero-order valence-electron chi connectivity index (χ0n) is 12.1. The first-order valence-corrected chi connectivity index (χ1v) is 6.69. The summed E-state index contributed by atoms with van der Waals surface area (Å²) >= 11 is 0. The second-order valence-electron chi connectivity index (χ2n) is 5.72. The van der Waals surface area contributed by atoms with Gasteiger partial charge in [-0.1, -0.05) is 32.9 Å². The molecule has 1 aromatic rings. The predicted molar refractivity (Wildman–Crippen MR) is 77.6 cm³/mol. The second kappa shape index (κ2) is 5.91. The van der Waals surface area contributed by atoms with Crippen LogP contribution in [0.5, 0.6) is 0 Å². The molecule has 1 aromatic carbocycles. The third kappa shape index (κ3) is 3.50. The van der Waals surface area contributed by atoms with E-state index in [0.29, 0.717) is 12.0 Å². The molecule has 0 fully saturated rings. The van der Waals surface area contributed by atoms with Crippen LogP contribution in [0.2, 0.25) is 0 Å². The van der Waals surface area contributed by atoms with E-state index >= 15 is 0 Å². The van der Waals surface area contributed by atoms with E-state index in [-0.39, 0.29) is 0 Å². The van der Waals surface area contributed by atoms with Gasteiger partial charge in [0.25, 0.3) is 0 Å². The Bertz CT molecular complexity index is 410. The first-order chi connectivity index (χ1) is 8.40. The highest BCUT2D eigenvalue weighted by atomic mass is 14.9. The number of anilines is 1. The van der Waals surface area contributed by atoms with Crippen molar-refractivity contribution in [1.29, 1.82) is 5.26 Å². The average molecular weight is 244 g/mol. The highest BCUT2D eigenvalue weighted by molar-refractivity contribution is 5.47. The lowest BCUT2D eigenvalue weighted by molar-refractivity contribution is 0.511. The van der Waals surface area contributed by atoms with Crippen LogP contribution in [0.25, 0.3) is 0 Å². The van der Waals surface area contributed by atoms with E-state index in [1.807, 2.05) is 26.0 Å². The maximum Gasteiger partial charge on any atom is 0.0766 e. The van der Waals surface area contributed by atoms with E-state index in [1.54, 1.807) is 0 Å². The van der Waals surface area contributed by atoms with Gasteiger partial charge < -0.3 is 5.32 Å². The van der Waals surface area contributed by atoms with Gasteiger partial charge in [-0.05, 0) is 43.9 Å². The van der Waals surface area contributed by atoms with Crippen molar-refractivity contribution in [3.05, 3.63) is 29.8 Å². The summed E-state index contributed by atoms with van der Waals surface area (Å²) in [6, 6.07) is 11.0. The fourth-order valence-electron chi connectivity index (χ4n) is 2.00. The lowest BCUT2D eigenvalue weighted by atomic mass is 9.86. The van der Waals surface area contributed by atoms with E-state index in [0.717, 1.165) is 17.7 Å². The van der Waals surface area contributed by atoms with Crippen molar-refractivity contribution in [1.82, 2.24) is 0 Å². The van der Waals surface area contributed by atoms with Gasteiger partial charge in [-0.2, -0.15) is 5.26 Å². The zero-order chi connectivity index (χ0) is 13.8. The second-order valence-corrected chi connectivity index (χ2v) is 5.72. The number of rotatable bonds is 5. The first-order valence-electron chi connectivity index (χ1n) is 6.69. The molecule has 1 unspecified atom stereocenters. The molecule has 2 nitrogen and oxygen atoms in total. The van der Waals surface area contributed by atoms with Crippen LogP contribution in [0.4, 0.5) is 5.69 Å². The molecule has 0 radical (unpaired) electrons. The molecule has 98 valence electrons. The monoisotopic (exact) mass is 244 g/mol. The van der Waals surface area contributed by atoms with Crippen molar-refractivity contribution in [2.75, 3.05) is 5.32 Å². The molecule has 0 aliphatic rings. The quantitative estimate of drug-likeness (QED) is 0.836. The Labute approximate surface area is 111 Å². The van der Waals surface area contributed by atoms with E-state index in [4.69, 9.17) is 5.26 Å². The highest BCUT2D eigenvalue weighted by Crippen LogP contribution is 2.24. The molecule has 0 spiro atoms. The van der Waals surface area contributed by atoms with Gasteiger partial charge in [0.2, 0.25) is 0 Å². The third-order valence-corrected chi connectivity index (χ3v) is 3.48. The summed E-state index contributed by atoms with van der Waals surface area (Å²) in [5.41, 5.74) is 1.78. The summed E-state index contributed by atoms with van der Waals surface area (Å²) in [4.78, 5) is 0. The van der Waals surface area contributed by atoms with Gasteiger partial charge in [0, 0.05) is 11.7 Å². The molecule has 1 rings (SSSR count). The molecule has 0 saturated carbocycles. The van der Waals surface area contributed by atoms with Crippen LogP contribution in [0.3, 0.4) is 0 Å². The van der Waals surface area contributed by atoms with E-state index in [2.05, 4.69) is 44.3 Å². The smallest absolute Gasteiger partial charge is 0.0766 e. The SMILES string of the molecule is CCC(Nc1ccc(C(C)(C)C#N)cc1)C(C)C. The number of nitrogens with one attached hydrogen (secondary N) is 1. The Balaban J connectivity index is 2.81. The zero-order valence-corrected chi connectivity index (χ0v) is 12.1. The van der Waals surface area contributed by atoms with Crippen molar-refractivity contribution in [3.8, 4) is 6.07 Å². The molecule has 0 amide bonds. The van der Waals surface area contributed by atoms with E-state index < -0.39 is 5.41 Å². The van der Waals surface area contributed by atoms with Crippen LogP contribution < -0.4 is 5.32 Å². The van der Waals surface area contributed by atoms with Gasteiger partial charge in [-0.25, -0.2) is 0 Å². The standard InChI is InChI=1S/C16H24N2/c1-6-15(12(2)3)18-14-9-7-13(8-10-14)16(4,5)11-17/h7-10,12,15,18H,6H2,1-5H3. The molecule has 18 heavy (non-hydrogen) atoms. The van der Waals surface area contributed by atoms with Crippen molar-refractivity contribution in [2.24, 2.45) is 5.92 Å². The van der Waals surface area contributed by atoms with Gasteiger partial charge in [-0.15, -0.1) is 0 Å². The van der Waals surface area contributed by atoms with Gasteiger partial charge in [-0.3, -0.25) is 0 Å². The van der Waals surface area contributed by atoms with Crippen molar-refractivity contribution < 1.29 is 0 Å². The average Bonchev–Trinajstić information content (AvgIpc) is 2.36. The lowest BCUT2D eigenvalue weighted by Gasteiger charge is -2.23. The van der Waals surface area contributed by atoms with Crippen LogP contribution in [0, 0.1) is 17.2 Å². The maximum atomic E-state index is 9.11. The summed E-state index contributed by atoms with van der Waals surface area (Å²) in [5, 5.41) is 12.6. The number of benzene rings is 1. The van der Waals surface area contributed by atoms with Crippen LogP contribution in [-0.4, -0.2) is 6.04 Å². The first kappa shape index (κ1) is 14.6. The summed E-state index contributed by atoms with van der Waals surface area (Å²) in [6.45, 7) is 10.5. The summed E-state index contributed by atoms with van der Waals surface area (Å²) in [7, 11) is 0. The third-order valence-electron chi connectivity index (χ3n) is 3.48. The number of nitriles is 1. The summed E-state index contributed by atoms with van der Waals surface area (Å²) < 4.78 is 0. The van der Waals surface area contributed by atoms with Gasteiger partial charge in [0.15, 0.2) is 0 Å². The Hall–Kier alpha value is -1.49. The molecule has 2 heteroatoms. The predicted octanol–water partition coefficient (Wildman–Crippen LogP) is 4.33. The Morgan fingerprint density at radius 1 is 1.22 bits per heavy atom. The van der Waals surface area contributed by atoms with Gasteiger partial charge in [0.1, 0.15) is 0 Å². The van der Waals surface area contributed by atoms with Crippen molar-refractivity contribution in [2.45, 2.75) is 52.5 Å². The Kier molecular flexibility index (Phi) is 4.78. The minimum Gasteiger partial charge on any atom is -0.382 e. The van der Waals surface area contributed by atoms with Crippen LogP contribution in [0.1, 0.15) is 46.6 Å². The summed E-state index contributed by atoms with van der Waals surface area (Å²) in [6.07, 6.45) is 1.11. The van der Waals surface area contributed by atoms with E-state index in [1.165, 1.54) is 0 Å². The molecule has 0 bridgehead atoms. The molecule has 0 heterocycles. The Morgan fingerprint density at radius 3 is 2.17 bits per heavy atom. The van der Waals surface area contributed by atoms with Crippen molar-refractivity contribution >= 4 is 5.69 Å². The van der Waals surface area contributed by atoms with Crippen LogP contribution in [0.15, 0.2) is 24.3 Å². The molecule has 1 N–H and O–H groups in total. The normalized spacial score (nSPS) is 13.2. The van der Waals surface area contributed by atoms with Crippen molar-refractivity contribution in [3.63, 3.8) is 0 Å². The van der Waals surface area contributed by atoms with Gasteiger partial charge in [0.05, 0.1) is 11.5 Å². The minimum absolute atomic E-state index is 0.416. The fraction of sp³-hybridized carbons (Fsp3) is 0.562. The molecule has 1 atom stereocenters. The lowest BCUT2D eigenvalue weighted by Crippen LogP contribution is -2.24. The molecule has 0 saturated heterocycles. The molecule has 0 aliphatic carbocycles. The molecular formula is C16H24N2. The summed E-state index contributed by atoms with van der Waals surface area (Å²) in [5.74, 6) is 0.616. The largest absolute Gasteiger partial charge is 0.382 e. The molecule has 0 aromatic heterocycles. The molecular weight excluding hydrogens is 220 g/mol. The highest BCUT2D eigenvalue weighted by Gasteiger charge is 2.19. The maximum absolute atomic E-state index is 9.11. The number of hydrogen-bond acceptors (Lipinski definition) is 2. The van der Waals surface area contributed by atoms with Crippen LogP contribution in [-0.2, 0) is 5.41 Å². The minimum atomic E-state index is -0.416. The number of nitrogens with zero attached hydrogens (tertiary/aromatic N) is 1. The van der Waals surface area contributed by atoms with Crippen LogP contribution >= 0.6 is 0 Å².